The van der Waals surface area contributed by atoms with Gasteiger partial charge in [0.05, 0.1) is 12.4 Å². The highest BCUT2D eigenvalue weighted by molar-refractivity contribution is 5.45. The van der Waals surface area contributed by atoms with Crippen LogP contribution in [0.2, 0.25) is 0 Å². The first-order valence-corrected chi connectivity index (χ1v) is 3.94. The van der Waals surface area contributed by atoms with E-state index in [1.165, 1.54) is 6.39 Å². The van der Waals surface area contributed by atoms with Gasteiger partial charge in [-0.15, -0.1) is 0 Å². The SMILES string of the molecule is NCCc1ncc(-c2cnco2)o1. The van der Waals surface area contributed by atoms with Crippen molar-refractivity contribution >= 4 is 0 Å². The molecule has 0 spiro atoms. The molecule has 68 valence electrons. The molecule has 0 radical (unpaired) electrons. The lowest BCUT2D eigenvalue weighted by Gasteiger charge is -1.88. The molecular weight excluding hydrogens is 170 g/mol. The standard InChI is InChI=1S/C8H9N3O2/c9-2-1-8-11-4-7(13-8)6-3-10-5-12-6/h3-5H,1-2,9H2. The number of rotatable bonds is 3. The molecule has 2 N–H and O–H groups in total. The lowest BCUT2D eigenvalue weighted by Crippen LogP contribution is -2.02. The van der Waals surface area contributed by atoms with Crippen molar-refractivity contribution < 1.29 is 8.83 Å². The lowest BCUT2D eigenvalue weighted by molar-refractivity contribution is 0.482. The molecule has 2 aromatic heterocycles. The van der Waals surface area contributed by atoms with E-state index < -0.39 is 0 Å². The summed E-state index contributed by atoms with van der Waals surface area (Å²) in [6.07, 6.45) is 5.16. The Morgan fingerprint density at radius 3 is 2.92 bits per heavy atom. The number of hydrogen-bond acceptors (Lipinski definition) is 5. The minimum Gasteiger partial charge on any atom is -0.440 e. The molecule has 0 saturated carbocycles. The van der Waals surface area contributed by atoms with E-state index >= 15 is 0 Å². The predicted octanol–water partition coefficient (Wildman–Crippen LogP) is 0.831. The molecule has 2 aromatic rings. The molecule has 5 heteroatoms. The summed E-state index contributed by atoms with van der Waals surface area (Å²) in [5, 5.41) is 0. The minimum atomic E-state index is 0.524. The summed E-state index contributed by atoms with van der Waals surface area (Å²) < 4.78 is 10.4. The van der Waals surface area contributed by atoms with Gasteiger partial charge >= 0.3 is 0 Å². The first-order valence-electron chi connectivity index (χ1n) is 3.94. The maximum atomic E-state index is 5.35. The number of hydrogen-bond donors (Lipinski definition) is 1. The van der Waals surface area contributed by atoms with Gasteiger partial charge in [0, 0.05) is 13.0 Å². The summed E-state index contributed by atoms with van der Waals surface area (Å²) in [5.41, 5.74) is 5.35. The third kappa shape index (κ3) is 1.59. The van der Waals surface area contributed by atoms with Crippen molar-refractivity contribution in [3.05, 3.63) is 24.7 Å². The van der Waals surface area contributed by atoms with Crippen LogP contribution in [0.5, 0.6) is 0 Å². The summed E-state index contributed by atoms with van der Waals surface area (Å²) in [5.74, 6) is 1.78. The molecule has 2 rings (SSSR count). The number of aromatic nitrogens is 2. The fourth-order valence-corrected chi connectivity index (χ4v) is 1.00. The summed E-state index contributed by atoms with van der Waals surface area (Å²) >= 11 is 0. The highest BCUT2D eigenvalue weighted by Gasteiger charge is 2.07. The number of oxazole rings is 2. The third-order valence-corrected chi connectivity index (χ3v) is 1.59. The van der Waals surface area contributed by atoms with Gasteiger partial charge in [-0.3, -0.25) is 0 Å². The van der Waals surface area contributed by atoms with Crippen LogP contribution in [0.1, 0.15) is 5.89 Å². The maximum Gasteiger partial charge on any atom is 0.196 e. The van der Waals surface area contributed by atoms with Crippen LogP contribution in [0.15, 0.2) is 27.6 Å². The Hall–Kier alpha value is -1.62. The van der Waals surface area contributed by atoms with Crippen molar-refractivity contribution in [2.24, 2.45) is 5.73 Å². The largest absolute Gasteiger partial charge is 0.440 e. The highest BCUT2D eigenvalue weighted by atomic mass is 16.4. The van der Waals surface area contributed by atoms with Gasteiger partial charge in [0.15, 0.2) is 23.8 Å². The maximum absolute atomic E-state index is 5.35. The highest BCUT2D eigenvalue weighted by Crippen LogP contribution is 2.19. The van der Waals surface area contributed by atoms with E-state index in [1.807, 2.05) is 0 Å². The van der Waals surface area contributed by atoms with E-state index in [0.29, 0.717) is 30.4 Å². The van der Waals surface area contributed by atoms with E-state index in [-0.39, 0.29) is 0 Å². The number of nitrogens with two attached hydrogens (primary N) is 1. The lowest BCUT2D eigenvalue weighted by atomic mass is 10.4. The molecule has 0 saturated heterocycles. The van der Waals surface area contributed by atoms with Gasteiger partial charge in [-0.2, -0.15) is 0 Å². The van der Waals surface area contributed by atoms with Gasteiger partial charge in [-0.25, -0.2) is 9.97 Å². The Morgan fingerprint density at radius 2 is 2.23 bits per heavy atom. The second kappa shape index (κ2) is 3.40. The summed E-state index contributed by atoms with van der Waals surface area (Å²) in [7, 11) is 0. The summed E-state index contributed by atoms with van der Waals surface area (Å²) in [4.78, 5) is 7.80. The molecular formula is C8H9N3O2. The molecule has 0 aliphatic rings. The molecule has 0 aliphatic heterocycles. The second-order valence-electron chi connectivity index (χ2n) is 2.52. The molecule has 0 bridgehead atoms. The second-order valence-corrected chi connectivity index (χ2v) is 2.52. The molecule has 0 fully saturated rings. The zero-order valence-electron chi connectivity index (χ0n) is 6.93. The zero-order chi connectivity index (χ0) is 9.10. The third-order valence-electron chi connectivity index (χ3n) is 1.59. The quantitative estimate of drug-likeness (QED) is 0.755. The first kappa shape index (κ1) is 8.00. The Kier molecular flexibility index (Phi) is 2.09. The predicted molar refractivity (Wildman–Crippen MR) is 44.8 cm³/mol. The van der Waals surface area contributed by atoms with Gasteiger partial charge in [0.1, 0.15) is 0 Å². The Bertz CT molecular complexity index is 366. The monoisotopic (exact) mass is 179 g/mol. The van der Waals surface area contributed by atoms with Gasteiger partial charge in [-0.05, 0) is 0 Å². The average molecular weight is 179 g/mol. The van der Waals surface area contributed by atoms with E-state index in [9.17, 15) is 0 Å². The molecule has 5 nitrogen and oxygen atoms in total. The van der Waals surface area contributed by atoms with Crippen LogP contribution in [0.25, 0.3) is 11.5 Å². The fourth-order valence-electron chi connectivity index (χ4n) is 1.00. The van der Waals surface area contributed by atoms with E-state index in [0.717, 1.165) is 0 Å². The van der Waals surface area contributed by atoms with Gasteiger partial charge in [0.2, 0.25) is 0 Å². The molecule has 13 heavy (non-hydrogen) atoms. The van der Waals surface area contributed by atoms with E-state index in [1.54, 1.807) is 12.4 Å². The van der Waals surface area contributed by atoms with Crippen LogP contribution in [0.3, 0.4) is 0 Å². The molecule has 0 amide bonds. The van der Waals surface area contributed by atoms with Crippen molar-refractivity contribution in [1.29, 1.82) is 0 Å². The molecule has 0 atom stereocenters. The summed E-state index contributed by atoms with van der Waals surface area (Å²) in [6.45, 7) is 0.524. The van der Waals surface area contributed by atoms with Crippen LogP contribution in [-0.4, -0.2) is 16.5 Å². The van der Waals surface area contributed by atoms with E-state index in [4.69, 9.17) is 14.6 Å². The smallest absolute Gasteiger partial charge is 0.196 e. The Labute approximate surface area is 74.6 Å². The fraction of sp³-hybridized carbons (Fsp3) is 0.250. The van der Waals surface area contributed by atoms with Crippen molar-refractivity contribution in [3.8, 4) is 11.5 Å². The normalized spacial score (nSPS) is 10.5. The van der Waals surface area contributed by atoms with Crippen LogP contribution in [0, 0.1) is 0 Å². The average Bonchev–Trinajstić information content (AvgIpc) is 2.70. The van der Waals surface area contributed by atoms with Crippen LogP contribution in [-0.2, 0) is 6.42 Å². The van der Waals surface area contributed by atoms with Gasteiger partial charge in [0.25, 0.3) is 0 Å². The van der Waals surface area contributed by atoms with Crippen LogP contribution in [0.4, 0.5) is 0 Å². The molecule has 0 aromatic carbocycles. The zero-order valence-corrected chi connectivity index (χ0v) is 6.93. The molecule has 0 unspecified atom stereocenters. The summed E-state index contributed by atoms with van der Waals surface area (Å²) in [6, 6.07) is 0. The Morgan fingerprint density at radius 1 is 1.31 bits per heavy atom. The van der Waals surface area contributed by atoms with Gasteiger partial charge in [-0.1, -0.05) is 0 Å². The number of nitrogens with zero attached hydrogens (tertiary/aromatic N) is 2. The van der Waals surface area contributed by atoms with Crippen molar-refractivity contribution in [1.82, 2.24) is 9.97 Å². The van der Waals surface area contributed by atoms with Gasteiger partial charge < -0.3 is 14.6 Å². The minimum absolute atomic E-state index is 0.524. The topological polar surface area (TPSA) is 78.1 Å². The Balaban J connectivity index is 2.23. The van der Waals surface area contributed by atoms with E-state index in [2.05, 4.69) is 9.97 Å². The first-order chi connectivity index (χ1) is 6.40. The van der Waals surface area contributed by atoms with Crippen LogP contribution < -0.4 is 5.73 Å². The van der Waals surface area contributed by atoms with Crippen molar-refractivity contribution in [2.45, 2.75) is 6.42 Å². The van der Waals surface area contributed by atoms with Crippen molar-refractivity contribution in [3.63, 3.8) is 0 Å². The molecule has 2 heterocycles. The van der Waals surface area contributed by atoms with Crippen molar-refractivity contribution in [2.75, 3.05) is 6.54 Å². The molecule has 0 aliphatic carbocycles. The van der Waals surface area contributed by atoms with Crippen LogP contribution >= 0.6 is 0 Å².